The zero-order valence-electron chi connectivity index (χ0n) is 24.2. The number of alkyl halides is 3. The number of nitrogens with zero attached hydrogens (tertiary/aromatic N) is 4. The number of aromatic nitrogens is 2. The van der Waals surface area contributed by atoms with Gasteiger partial charge in [-0.15, -0.1) is 0 Å². The van der Waals surface area contributed by atoms with Crippen molar-refractivity contribution in [3.05, 3.63) is 47.3 Å². The highest BCUT2D eigenvalue weighted by Gasteiger charge is 2.41. The second-order valence-electron chi connectivity index (χ2n) is 10.5. The Balaban J connectivity index is 1.97. The number of carbonyl (C=O) groups is 1. The number of hydrogen-bond donors (Lipinski definition) is 0. The Morgan fingerprint density at radius 1 is 1.12 bits per heavy atom. The molecule has 1 saturated heterocycles. The first-order chi connectivity index (χ1) is 19.0. The van der Waals surface area contributed by atoms with Crippen LogP contribution in [-0.2, 0) is 17.5 Å². The van der Waals surface area contributed by atoms with Crippen LogP contribution in [0.1, 0.15) is 70.1 Å². The van der Waals surface area contributed by atoms with Gasteiger partial charge in [-0.2, -0.15) is 24.9 Å². The highest BCUT2D eigenvalue weighted by Crippen LogP contribution is 2.35. The van der Waals surface area contributed by atoms with Crippen molar-refractivity contribution >= 4 is 23.8 Å². The van der Waals surface area contributed by atoms with Gasteiger partial charge >= 0.3 is 12.3 Å². The lowest BCUT2D eigenvalue weighted by atomic mass is 9.87. The molecule has 1 aromatic carbocycles. The molecule has 7 nitrogen and oxygen atoms in total. The van der Waals surface area contributed by atoms with E-state index in [1.54, 1.807) is 37.1 Å². The van der Waals surface area contributed by atoms with Gasteiger partial charge in [-0.3, -0.25) is 0 Å². The minimum Gasteiger partial charge on any atom is -0.489 e. The SMILES string of the molecule is CC[C@@H]1CC(N(Cc2cc(C)cc(C(F)(F)F)c2)c2ncc(OCCSC)cn2)C[C@H](CC)N1C(=O)OC(C)C. The van der Waals surface area contributed by atoms with E-state index >= 15 is 0 Å². The largest absolute Gasteiger partial charge is 0.489 e. The first kappa shape index (κ1) is 31.8. The first-order valence-electron chi connectivity index (χ1n) is 13.8. The maximum atomic E-state index is 13.6. The summed E-state index contributed by atoms with van der Waals surface area (Å²) >= 11 is 1.67. The van der Waals surface area contributed by atoms with Crippen molar-refractivity contribution in [1.29, 1.82) is 0 Å². The smallest absolute Gasteiger partial charge is 0.416 e. The Morgan fingerprint density at radius 2 is 1.75 bits per heavy atom. The number of rotatable bonds is 11. The summed E-state index contributed by atoms with van der Waals surface area (Å²) in [7, 11) is 0. The third kappa shape index (κ3) is 8.41. The van der Waals surface area contributed by atoms with Crippen molar-refractivity contribution < 1.29 is 27.4 Å². The van der Waals surface area contributed by atoms with Crippen LogP contribution >= 0.6 is 11.8 Å². The van der Waals surface area contributed by atoms with E-state index < -0.39 is 11.7 Å². The summed E-state index contributed by atoms with van der Waals surface area (Å²) in [6.45, 7) is 10.1. The van der Waals surface area contributed by atoms with E-state index in [9.17, 15) is 18.0 Å². The fraction of sp³-hybridized carbons (Fsp3) is 0.621. The molecule has 1 aliphatic heterocycles. The Labute approximate surface area is 239 Å². The number of ether oxygens (including phenoxy) is 2. The molecule has 40 heavy (non-hydrogen) atoms. The van der Waals surface area contributed by atoms with Crippen molar-refractivity contribution in [2.45, 2.75) is 97.3 Å². The molecule has 2 aromatic rings. The molecule has 0 saturated carbocycles. The molecule has 0 radical (unpaired) electrons. The van der Waals surface area contributed by atoms with E-state index in [2.05, 4.69) is 9.97 Å². The Hall–Kier alpha value is -2.69. The number of benzene rings is 1. The number of aryl methyl sites for hydroxylation is 1. The lowest BCUT2D eigenvalue weighted by Crippen LogP contribution is -2.57. The first-order valence-corrected chi connectivity index (χ1v) is 15.2. The molecular formula is C29H41F3N4O3S. The summed E-state index contributed by atoms with van der Waals surface area (Å²) in [6.07, 6.45) is 2.90. The van der Waals surface area contributed by atoms with Crippen LogP contribution in [0.25, 0.3) is 0 Å². The van der Waals surface area contributed by atoms with Crippen molar-refractivity contribution in [2.24, 2.45) is 0 Å². The zero-order chi connectivity index (χ0) is 29.4. The molecule has 1 fully saturated rings. The molecule has 11 heteroatoms. The molecule has 0 spiro atoms. The summed E-state index contributed by atoms with van der Waals surface area (Å²) in [6, 6.07) is 3.85. The van der Waals surface area contributed by atoms with Crippen LogP contribution in [0.4, 0.5) is 23.9 Å². The number of likely N-dealkylation sites (tertiary alicyclic amines) is 1. The predicted molar refractivity (Wildman–Crippen MR) is 153 cm³/mol. The molecule has 1 amide bonds. The van der Waals surface area contributed by atoms with Gasteiger partial charge in [0.15, 0.2) is 5.75 Å². The minimum atomic E-state index is -4.44. The second kappa shape index (κ2) is 14.3. The fourth-order valence-corrected chi connectivity index (χ4v) is 5.49. The monoisotopic (exact) mass is 582 g/mol. The molecule has 1 aromatic heterocycles. The number of piperidine rings is 1. The van der Waals surface area contributed by atoms with Gasteiger partial charge in [-0.1, -0.05) is 25.5 Å². The molecule has 1 aliphatic rings. The summed E-state index contributed by atoms with van der Waals surface area (Å²) in [5, 5.41) is 0. The van der Waals surface area contributed by atoms with E-state index in [1.165, 1.54) is 6.07 Å². The van der Waals surface area contributed by atoms with Crippen LogP contribution in [0, 0.1) is 6.92 Å². The van der Waals surface area contributed by atoms with Crippen LogP contribution in [-0.4, -0.2) is 63.8 Å². The summed E-state index contributed by atoms with van der Waals surface area (Å²) < 4.78 is 52.2. The molecule has 0 N–H and O–H groups in total. The maximum Gasteiger partial charge on any atom is 0.416 e. The van der Waals surface area contributed by atoms with Gasteiger partial charge < -0.3 is 19.3 Å². The molecule has 0 aliphatic carbocycles. The number of halogens is 3. The van der Waals surface area contributed by atoms with Crippen LogP contribution in [0.3, 0.4) is 0 Å². The molecule has 0 bridgehead atoms. The molecule has 2 heterocycles. The van der Waals surface area contributed by atoms with Gasteiger partial charge in [-0.25, -0.2) is 14.8 Å². The van der Waals surface area contributed by atoms with Gasteiger partial charge in [0.1, 0.15) is 0 Å². The standard InChI is InChI=1S/C29H41F3N4O3S/c1-7-23-14-25(15-24(8-2)36(23)28(37)39-19(3)4)35(27-33-16-26(17-34-27)38-9-10-40-6)18-21-11-20(5)12-22(13-21)29(30,31)32/h11-13,16-17,19,23-25H,7-10,14-15,18H2,1-6H3/t23-,24+,25?. The van der Waals surface area contributed by atoms with Crippen LogP contribution in [0.15, 0.2) is 30.6 Å². The van der Waals surface area contributed by atoms with E-state index in [0.29, 0.717) is 42.3 Å². The third-order valence-electron chi connectivity index (χ3n) is 7.05. The van der Waals surface area contributed by atoms with E-state index in [0.717, 1.165) is 24.7 Å². The van der Waals surface area contributed by atoms with Crippen LogP contribution in [0.5, 0.6) is 5.75 Å². The van der Waals surface area contributed by atoms with Crippen molar-refractivity contribution in [1.82, 2.24) is 14.9 Å². The van der Waals surface area contributed by atoms with Gasteiger partial charge in [0.2, 0.25) is 5.95 Å². The Kier molecular flexibility index (Phi) is 11.4. The average Bonchev–Trinajstić information content (AvgIpc) is 2.90. The molecule has 3 atom stereocenters. The summed E-state index contributed by atoms with van der Waals surface area (Å²) in [5.41, 5.74) is 0.386. The number of amides is 1. The number of anilines is 1. The van der Waals surface area contributed by atoms with Gasteiger partial charge in [0.25, 0.3) is 0 Å². The summed E-state index contributed by atoms with van der Waals surface area (Å²) in [5.74, 6) is 1.79. The van der Waals surface area contributed by atoms with E-state index in [-0.39, 0.29) is 36.9 Å². The van der Waals surface area contributed by atoms with Crippen LogP contribution < -0.4 is 9.64 Å². The van der Waals surface area contributed by atoms with Gasteiger partial charge in [0.05, 0.1) is 30.7 Å². The average molecular weight is 583 g/mol. The van der Waals surface area contributed by atoms with Gasteiger partial charge in [0, 0.05) is 30.4 Å². The molecule has 1 unspecified atom stereocenters. The minimum absolute atomic E-state index is 0.0881. The zero-order valence-corrected chi connectivity index (χ0v) is 25.0. The molecular weight excluding hydrogens is 541 g/mol. The predicted octanol–water partition coefficient (Wildman–Crippen LogP) is 7.12. The summed E-state index contributed by atoms with van der Waals surface area (Å²) in [4.78, 5) is 26.0. The lowest BCUT2D eigenvalue weighted by molar-refractivity contribution is -0.137. The Bertz CT molecular complexity index is 1090. The van der Waals surface area contributed by atoms with E-state index in [4.69, 9.17) is 9.47 Å². The second-order valence-corrected chi connectivity index (χ2v) is 11.5. The Morgan fingerprint density at radius 3 is 2.27 bits per heavy atom. The number of carbonyl (C=O) groups excluding carboxylic acids is 1. The highest BCUT2D eigenvalue weighted by molar-refractivity contribution is 7.98. The molecule has 3 rings (SSSR count). The van der Waals surface area contributed by atoms with Crippen LogP contribution in [0.2, 0.25) is 0 Å². The molecule has 222 valence electrons. The number of hydrogen-bond acceptors (Lipinski definition) is 7. The van der Waals surface area contributed by atoms with Crippen molar-refractivity contribution in [3.8, 4) is 5.75 Å². The highest BCUT2D eigenvalue weighted by atomic mass is 32.2. The maximum absolute atomic E-state index is 13.6. The third-order valence-corrected chi connectivity index (χ3v) is 7.63. The van der Waals surface area contributed by atoms with E-state index in [1.807, 2.05) is 43.8 Å². The van der Waals surface area contributed by atoms with Crippen molar-refractivity contribution in [3.63, 3.8) is 0 Å². The number of thioether (sulfide) groups is 1. The topological polar surface area (TPSA) is 67.8 Å². The van der Waals surface area contributed by atoms with Crippen molar-refractivity contribution in [2.75, 3.05) is 23.5 Å². The normalized spacial score (nSPS) is 19.6. The lowest BCUT2D eigenvalue weighted by Gasteiger charge is -2.47. The quantitative estimate of drug-likeness (QED) is 0.261. The van der Waals surface area contributed by atoms with Gasteiger partial charge in [-0.05, 0) is 70.4 Å². The fourth-order valence-electron chi connectivity index (χ4n) is 5.24.